The topological polar surface area (TPSA) is 93.4 Å². The van der Waals surface area contributed by atoms with E-state index in [4.69, 9.17) is 10.5 Å². The van der Waals surface area contributed by atoms with Gasteiger partial charge >= 0.3 is 0 Å². The first-order valence-corrected chi connectivity index (χ1v) is 8.08. The van der Waals surface area contributed by atoms with Crippen molar-refractivity contribution in [3.05, 3.63) is 30.1 Å². The van der Waals surface area contributed by atoms with Crippen LogP contribution in [-0.2, 0) is 16.1 Å². The molecule has 3 unspecified atom stereocenters. The number of rotatable bonds is 5. The number of piperazine rings is 1. The van der Waals surface area contributed by atoms with E-state index in [0.717, 1.165) is 35.8 Å². The molecule has 3 rings (SSSR count). The molecule has 7 heteroatoms. The molecular formula is C17H23N5O2. The summed E-state index contributed by atoms with van der Waals surface area (Å²) in [6, 6.07) is 5.72. The van der Waals surface area contributed by atoms with Crippen LogP contribution in [0.25, 0.3) is 10.9 Å². The van der Waals surface area contributed by atoms with Gasteiger partial charge in [-0.05, 0) is 24.6 Å². The van der Waals surface area contributed by atoms with Crippen LogP contribution >= 0.6 is 0 Å². The van der Waals surface area contributed by atoms with Crippen molar-refractivity contribution in [1.29, 1.82) is 0 Å². The molecule has 0 spiro atoms. The zero-order valence-corrected chi connectivity index (χ0v) is 14.0. The van der Waals surface area contributed by atoms with Crippen LogP contribution < -0.4 is 11.1 Å². The first-order chi connectivity index (χ1) is 11.6. The lowest BCUT2D eigenvalue weighted by Gasteiger charge is -2.41. The number of hydrogen-bond donors (Lipinski definition) is 2. The zero-order chi connectivity index (χ0) is 17.1. The Bertz CT molecular complexity index is 723. The van der Waals surface area contributed by atoms with E-state index in [2.05, 4.69) is 20.2 Å². The molecule has 2 heterocycles. The summed E-state index contributed by atoms with van der Waals surface area (Å²) in [5, 5.41) is 4.24. The second-order valence-corrected chi connectivity index (χ2v) is 6.13. The third-order valence-electron chi connectivity index (χ3n) is 4.70. The molecule has 1 saturated heterocycles. The van der Waals surface area contributed by atoms with Crippen LogP contribution in [0, 0.1) is 0 Å². The lowest BCUT2D eigenvalue weighted by Crippen LogP contribution is -2.62. The van der Waals surface area contributed by atoms with E-state index in [9.17, 15) is 4.79 Å². The van der Waals surface area contributed by atoms with Crippen LogP contribution in [0.5, 0.6) is 0 Å². The fourth-order valence-electron chi connectivity index (χ4n) is 3.27. The third kappa shape index (κ3) is 3.24. The minimum absolute atomic E-state index is 0.0142. The highest BCUT2D eigenvalue weighted by Crippen LogP contribution is 2.21. The Morgan fingerprint density at radius 1 is 1.50 bits per heavy atom. The Morgan fingerprint density at radius 2 is 2.33 bits per heavy atom. The van der Waals surface area contributed by atoms with Crippen LogP contribution in [0.2, 0.25) is 0 Å². The lowest BCUT2D eigenvalue weighted by molar-refractivity contribution is -0.116. The van der Waals surface area contributed by atoms with Crippen molar-refractivity contribution >= 4 is 23.0 Å². The van der Waals surface area contributed by atoms with E-state index in [1.807, 2.05) is 25.1 Å². The van der Waals surface area contributed by atoms with E-state index in [-0.39, 0.29) is 18.2 Å². The average molecular weight is 329 g/mol. The summed E-state index contributed by atoms with van der Waals surface area (Å²) < 4.78 is 5.41. The van der Waals surface area contributed by atoms with Gasteiger partial charge in [-0.15, -0.1) is 0 Å². The largest absolute Gasteiger partial charge is 0.383 e. The number of nitrogens with two attached hydrogens (primary N) is 1. The van der Waals surface area contributed by atoms with E-state index < -0.39 is 0 Å². The summed E-state index contributed by atoms with van der Waals surface area (Å²) in [6.07, 6.45) is 2.44. The van der Waals surface area contributed by atoms with E-state index in [1.54, 1.807) is 7.11 Å². The number of aldehydes is 1. The molecule has 0 radical (unpaired) electrons. The average Bonchev–Trinajstić information content (AvgIpc) is 2.61. The van der Waals surface area contributed by atoms with Gasteiger partial charge in [-0.25, -0.2) is 9.97 Å². The normalized spacial score (nSPS) is 23.2. The van der Waals surface area contributed by atoms with Gasteiger partial charge < -0.3 is 20.6 Å². The molecule has 0 amide bonds. The summed E-state index contributed by atoms with van der Waals surface area (Å²) in [5.74, 6) is 0.480. The Kier molecular flexibility index (Phi) is 5.03. The van der Waals surface area contributed by atoms with Crippen molar-refractivity contribution in [3.63, 3.8) is 0 Å². The number of methoxy groups -OCH3 is 1. The Morgan fingerprint density at radius 3 is 3.08 bits per heavy atom. The number of hydrogen-bond acceptors (Lipinski definition) is 7. The summed E-state index contributed by atoms with van der Waals surface area (Å²) in [5.41, 5.74) is 7.79. The van der Waals surface area contributed by atoms with Crippen LogP contribution in [-0.4, -0.2) is 59.5 Å². The molecular weight excluding hydrogens is 306 g/mol. The molecule has 0 bridgehead atoms. The summed E-state index contributed by atoms with van der Waals surface area (Å²) in [6.45, 7) is 4.29. The van der Waals surface area contributed by atoms with Gasteiger partial charge in [0.05, 0.1) is 23.7 Å². The number of nitrogens with zero attached hydrogens (tertiary/aromatic N) is 3. The molecule has 24 heavy (non-hydrogen) atoms. The molecule has 2 aromatic rings. The molecule has 0 saturated carbocycles. The smallest absolute Gasteiger partial charge is 0.138 e. The highest BCUT2D eigenvalue weighted by atomic mass is 16.5. The van der Waals surface area contributed by atoms with E-state index >= 15 is 0 Å². The summed E-state index contributed by atoms with van der Waals surface area (Å²) >= 11 is 0. The fraction of sp³-hybridized carbons (Fsp3) is 0.471. The standard InChI is InChI=1S/C17H23N5O2/c1-11(24-2)16-15(9-23)22(6-5-19-16)8-12-3-4-13-14(7-12)20-10-21-17(13)18/h3-4,7,9-11,15-16,19H,5-6,8H2,1-2H3,(H2,18,20,21). The first-order valence-electron chi connectivity index (χ1n) is 8.08. The molecule has 1 aliphatic heterocycles. The maximum atomic E-state index is 11.7. The number of carbonyl (C=O) groups is 1. The summed E-state index contributed by atoms with van der Waals surface area (Å²) in [7, 11) is 1.67. The SMILES string of the molecule is COC(C)C1NCCN(Cc2ccc3c(N)ncnc3c2)C1C=O. The van der Waals surface area contributed by atoms with E-state index in [1.165, 1.54) is 6.33 Å². The van der Waals surface area contributed by atoms with Crippen molar-refractivity contribution in [1.82, 2.24) is 20.2 Å². The van der Waals surface area contributed by atoms with Crippen LogP contribution in [0.15, 0.2) is 24.5 Å². The highest BCUT2D eigenvalue weighted by molar-refractivity contribution is 5.88. The minimum Gasteiger partial charge on any atom is -0.383 e. The number of nitrogens with one attached hydrogen (secondary N) is 1. The van der Waals surface area contributed by atoms with Gasteiger partial charge in [-0.1, -0.05) is 6.07 Å². The molecule has 128 valence electrons. The van der Waals surface area contributed by atoms with Gasteiger partial charge in [0.1, 0.15) is 18.4 Å². The zero-order valence-electron chi connectivity index (χ0n) is 14.0. The van der Waals surface area contributed by atoms with Crippen molar-refractivity contribution in [2.24, 2.45) is 0 Å². The molecule has 1 fully saturated rings. The monoisotopic (exact) mass is 329 g/mol. The van der Waals surface area contributed by atoms with Crippen LogP contribution in [0.3, 0.4) is 0 Å². The Balaban J connectivity index is 1.82. The number of anilines is 1. The maximum Gasteiger partial charge on any atom is 0.138 e. The molecule has 3 N–H and O–H groups in total. The van der Waals surface area contributed by atoms with Crippen LogP contribution in [0.1, 0.15) is 12.5 Å². The Hall–Kier alpha value is -2.09. The lowest BCUT2D eigenvalue weighted by atomic mass is 9.99. The van der Waals surface area contributed by atoms with Crippen molar-refractivity contribution < 1.29 is 9.53 Å². The Labute approximate surface area is 141 Å². The number of carbonyl (C=O) groups excluding carboxylic acids is 1. The second-order valence-electron chi connectivity index (χ2n) is 6.13. The fourth-order valence-corrected chi connectivity index (χ4v) is 3.27. The second kappa shape index (κ2) is 7.21. The number of aromatic nitrogens is 2. The van der Waals surface area contributed by atoms with Gasteiger partial charge in [0, 0.05) is 32.1 Å². The van der Waals surface area contributed by atoms with Crippen LogP contribution in [0.4, 0.5) is 5.82 Å². The van der Waals surface area contributed by atoms with Crippen molar-refractivity contribution in [3.8, 4) is 0 Å². The van der Waals surface area contributed by atoms with E-state index in [0.29, 0.717) is 12.4 Å². The number of nitrogen functional groups attached to an aromatic ring is 1. The molecule has 1 aromatic heterocycles. The highest BCUT2D eigenvalue weighted by Gasteiger charge is 2.34. The molecule has 3 atom stereocenters. The number of ether oxygens (including phenoxy) is 1. The number of benzene rings is 1. The molecule has 0 aliphatic carbocycles. The van der Waals surface area contributed by atoms with Gasteiger partial charge in [0.25, 0.3) is 0 Å². The molecule has 7 nitrogen and oxygen atoms in total. The maximum absolute atomic E-state index is 11.7. The number of fused-ring (bicyclic) bond motifs is 1. The van der Waals surface area contributed by atoms with Gasteiger partial charge in [-0.3, -0.25) is 4.90 Å². The predicted octanol–water partition coefficient (Wildman–Crippen LogP) is 0.588. The predicted molar refractivity (Wildman–Crippen MR) is 92.5 cm³/mol. The summed E-state index contributed by atoms with van der Waals surface area (Å²) in [4.78, 5) is 22.1. The molecule has 1 aliphatic rings. The van der Waals surface area contributed by atoms with Crippen molar-refractivity contribution in [2.75, 3.05) is 25.9 Å². The minimum atomic E-state index is -0.222. The van der Waals surface area contributed by atoms with Gasteiger partial charge in [0.15, 0.2) is 0 Å². The van der Waals surface area contributed by atoms with Crippen molar-refractivity contribution in [2.45, 2.75) is 31.7 Å². The quantitative estimate of drug-likeness (QED) is 0.775. The first kappa shape index (κ1) is 16.8. The van der Waals surface area contributed by atoms with Gasteiger partial charge in [-0.2, -0.15) is 0 Å². The third-order valence-corrected chi connectivity index (χ3v) is 4.70. The molecule has 1 aromatic carbocycles. The van der Waals surface area contributed by atoms with Gasteiger partial charge in [0.2, 0.25) is 0 Å².